The van der Waals surface area contributed by atoms with Gasteiger partial charge in [0.15, 0.2) is 5.58 Å². The summed E-state index contributed by atoms with van der Waals surface area (Å²) in [5.41, 5.74) is 4.59. The number of allylic oxidation sites excluding steroid dienone is 4. The zero-order valence-corrected chi connectivity index (χ0v) is 14.2. The molecule has 0 aliphatic carbocycles. The van der Waals surface area contributed by atoms with Crippen LogP contribution in [-0.4, -0.2) is 15.7 Å². The molecule has 0 aliphatic rings. The van der Waals surface area contributed by atoms with Gasteiger partial charge in [0.05, 0.1) is 17.3 Å². The van der Waals surface area contributed by atoms with Gasteiger partial charge in [-0.25, -0.2) is 9.97 Å². The van der Waals surface area contributed by atoms with Gasteiger partial charge < -0.3 is 9.83 Å². The summed E-state index contributed by atoms with van der Waals surface area (Å²) < 4.78 is 5.81. The number of furan rings is 1. The molecular weight excluding hydrogens is 298 g/mol. The van der Waals surface area contributed by atoms with Crippen LogP contribution in [0.25, 0.3) is 22.1 Å². The minimum absolute atomic E-state index is 0.407. The first kappa shape index (κ1) is 16.1. The van der Waals surface area contributed by atoms with Crippen molar-refractivity contribution in [2.75, 3.05) is 0 Å². The summed E-state index contributed by atoms with van der Waals surface area (Å²) in [5.74, 6) is 0.407. The van der Waals surface area contributed by atoms with Gasteiger partial charge in [-0.05, 0) is 37.0 Å². The van der Waals surface area contributed by atoms with Crippen molar-refractivity contribution in [1.82, 2.24) is 9.97 Å². The second kappa shape index (κ2) is 6.79. The topological polar surface area (TPSA) is 62.8 Å². The monoisotopic (exact) mass is 319 g/mol. The Balaban J connectivity index is 2.16. The minimum atomic E-state index is 0.407. The lowest BCUT2D eigenvalue weighted by Crippen LogP contribution is -2.02. The number of nitrogens with one attached hydrogen (secondary N) is 1. The predicted octanol–water partition coefficient (Wildman–Crippen LogP) is 5.29. The van der Waals surface area contributed by atoms with E-state index in [2.05, 4.69) is 29.9 Å². The molecule has 0 amide bonds. The number of hydrogen-bond acceptors (Lipinski definition) is 4. The Hall–Kier alpha value is -2.75. The largest absolute Gasteiger partial charge is 0.453 e. The van der Waals surface area contributed by atoms with E-state index < -0.39 is 0 Å². The molecule has 3 rings (SSSR count). The molecule has 3 aromatic rings. The first-order chi connectivity index (χ1) is 11.7. The second-order valence-electron chi connectivity index (χ2n) is 5.88. The molecular formula is C20H21N3O. The van der Waals surface area contributed by atoms with Crippen LogP contribution in [-0.2, 0) is 0 Å². The molecule has 1 N–H and O–H groups in total. The maximum Gasteiger partial charge on any atom is 0.172 e. The Morgan fingerprint density at radius 1 is 1.33 bits per heavy atom. The van der Waals surface area contributed by atoms with Crippen molar-refractivity contribution in [3.05, 3.63) is 60.1 Å². The molecule has 2 aromatic heterocycles. The van der Waals surface area contributed by atoms with Crippen molar-refractivity contribution < 1.29 is 4.42 Å². The molecule has 4 heteroatoms. The molecule has 1 atom stereocenters. The second-order valence-corrected chi connectivity index (χ2v) is 5.88. The molecule has 0 aliphatic heterocycles. The number of rotatable bonds is 5. The number of nitrogens with zero attached hydrogens (tertiary/aromatic N) is 2. The number of fused-ring (bicyclic) bond motifs is 3. The summed E-state index contributed by atoms with van der Waals surface area (Å²) in [5, 5.41) is 9.48. The Bertz CT molecular complexity index is 950. The lowest BCUT2D eigenvalue weighted by atomic mass is 9.94. The quantitative estimate of drug-likeness (QED) is 0.513. The minimum Gasteiger partial charge on any atom is -0.453 e. The van der Waals surface area contributed by atoms with Crippen molar-refractivity contribution in [2.24, 2.45) is 5.92 Å². The smallest absolute Gasteiger partial charge is 0.172 e. The van der Waals surface area contributed by atoms with Crippen molar-refractivity contribution in [3.8, 4) is 0 Å². The summed E-state index contributed by atoms with van der Waals surface area (Å²) in [6, 6.07) is 5.76. The Labute approximate surface area is 141 Å². The van der Waals surface area contributed by atoms with Gasteiger partial charge >= 0.3 is 0 Å². The average Bonchev–Trinajstić information content (AvgIpc) is 2.99. The molecule has 122 valence electrons. The number of benzene rings is 1. The van der Waals surface area contributed by atoms with Crippen molar-refractivity contribution in [2.45, 2.75) is 27.2 Å². The Morgan fingerprint density at radius 3 is 2.92 bits per heavy atom. The van der Waals surface area contributed by atoms with E-state index >= 15 is 0 Å². The zero-order chi connectivity index (χ0) is 17.1. The fraction of sp³-hybridized carbons (Fsp3) is 0.250. The zero-order valence-electron chi connectivity index (χ0n) is 14.2. The lowest BCUT2D eigenvalue weighted by Gasteiger charge is -2.11. The molecule has 2 heterocycles. The van der Waals surface area contributed by atoms with Crippen LogP contribution in [0.5, 0.6) is 0 Å². The molecule has 0 fully saturated rings. The van der Waals surface area contributed by atoms with E-state index in [1.165, 1.54) is 6.33 Å². The van der Waals surface area contributed by atoms with E-state index in [0.29, 0.717) is 17.2 Å². The van der Waals surface area contributed by atoms with Crippen molar-refractivity contribution >= 4 is 27.8 Å². The summed E-state index contributed by atoms with van der Waals surface area (Å²) in [6.45, 7) is 6.34. The molecule has 1 unspecified atom stereocenters. The van der Waals surface area contributed by atoms with Crippen LogP contribution in [0.1, 0.15) is 32.8 Å². The summed E-state index contributed by atoms with van der Waals surface area (Å²) in [7, 11) is 0. The van der Waals surface area contributed by atoms with E-state index in [0.717, 1.165) is 34.0 Å². The molecule has 0 saturated heterocycles. The molecule has 0 radical (unpaired) electrons. The highest BCUT2D eigenvalue weighted by Crippen LogP contribution is 2.30. The van der Waals surface area contributed by atoms with Crippen LogP contribution in [0.2, 0.25) is 0 Å². The summed E-state index contributed by atoms with van der Waals surface area (Å²) >= 11 is 0. The maximum absolute atomic E-state index is 8.61. The normalized spacial score (nSPS) is 13.9. The highest BCUT2D eigenvalue weighted by Gasteiger charge is 2.15. The molecule has 24 heavy (non-hydrogen) atoms. The first-order valence-corrected chi connectivity index (χ1v) is 8.20. The number of aromatic nitrogens is 2. The lowest BCUT2D eigenvalue weighted by molar-refractivity contribution is 0.665. The van der Waals surface area contributed by atoms with Gasteiger partial charge in [0.1, 0.15) is 17.4 Å². The van der Waals surface area contributed by atoms with E-state index in [4.69, 9.17) is 9.83 Å². The van der Waals surface area contributed by atoms with Gasteiger partial charge in [-0.15, -0.1) is 0 Å². The van der Waals surface area contributed by atoms with E-state index in [1.807, 2.05) is 37.3 Å². The van der Waals surface area contributed by atoms with Crippen LogP contribution in [0.3, 0.4) is 0 Å². The highest BCUT2D eigenvalue weighted by atomic mass is 16.3. The number of hydrogen-bond donors (Lipinski definition) is 1. The molecule has 0 saturated carbocycles. The predicted molar refractivity (Wildman–Crippen MR) is 98.5 cm³/mol. The van der Waals surface area contributed by atoms with Crippen LogP contribution in [0.15, 0.2) is 58.9 Å². The SMILES string of the molecule is C/C=C\C(=C\C(=N)c1cccc2oc3cncnc3c12)C(C)CC. The molecule has 0 bridgehead atoms. The van der Waals surface area contributed by atoms with Gasteiger partial charge in [-0.1, -0.05) is 38.1 Å². The average molecular weight is 319 g/mol. The third kappa shape index (κ3) is 2.87. The van der Waals surface area contributed by atoms with Gasteiger partial charge in [0, 0.05) is 5.56 Å². The van der Waals surface area contributed by atoms with Gasteiger partial charge in [-0.3, -0.25) is 0 Å². The van der Waals surface area contributed by atoms with Crippen LogP contribution in [0.4, 0.5) is 0 Å². The molecule has 1 aromatic carbocycles. The fourth-order valence-corrected chi connectivity index (χ4v) is 2.81. The van der Waals surface area contributed by atoms with E-state index in [1.54, 1.807) is 6.20 Å². The first-order valence-electron chi connectivity index (χ1n) is 8.20. The maximum atomic E-state index is 8.61. The summed E-state index contributed by atoms with van der Waals surface area (Å²) in [4.78, 5) is 8.35. The Morgan fingerprint density at radius 2 is 2.17 bits per heavy atom. The highest BCUT2D eigenvalue weighted by molar-refractivity contribution is 6.20. The van der Waals surface area contributed by atoms with Gasteiger partial charge in [-0.2, -0.15) is 0 Å². The third-order valence-corrected chi connectivity index (χ3v) is 4.30. The molecule has 0 spiro atoms. The van der Waals surface area contributed by atoms with Crippen LogP contribution >= 0.6 is 0 Å². The van der Waals surface area contributed by atoms with Crippen LogP contribution < -0.4 is 0 Å². The van der Waals surface area contributed by atoms with E-state index in [9.17, 15) is 0 Å². The van der Waals surface area contributed by atoms with Gasteiger partial charge in [0.2, 0.25) is 0 Å². The van der Waals surface area contributed by atoms with E-state index in [-0.39, 0.29) is 0 Å². The van der Waals surface area contributed by atoms with Crippen molar-refractivity contribution in [1.29, 1.82) is 5.41 Å². The standard InChI is InChI=1S/C20H21N3O/c1-4-7-14(13(3)5-2)10-16(21)15-8-6-9-17-19(15)20-18(24-17)11-22-12-23-20/h4,6-13,21H,5H2,1-3H3/b7-4-,14-10-,21-16?. The summed E-state index contributed by atoms with van der Waals surface area (Å²) in [6.07, 6.45) is 10.3. The Kier molecular flexibility index (Phi) is 4.56. The van der Waals surface area contributed by atoms with Crippen molar-refractivity contribution in [3.63, 3.8) is 0 Å². The van der Waals surface area contributed by atoms with Crippen LogP contribution in [0, 0.1) is 11.3 Å². The third-order valence-electron chi connectivity index (χ3n) is 4.30. The molecule has 4 nitrogen and oxygen atoms in total. The van der Waals surface area contributed by atoms with Gasteiger partial charge in [0.25, 0.3) is 0 Å². The fourth-order valence-electron chi connectivity index (χ4n) is 2.81.